The van der Waals surface area contributed by atoms with Gasteiger partial charge in [-0.3, -0.25) is 5.43 Å². The first kappa shape index (κ1) is 12.5. The first-order valence-corrected chi connectivity index (χ1v) is 5.82. The monoisotopic (exact) mass is 278 g/mol. The number of ether oxygens (including phenoxy) is 1. The van der Waals surface area contributed by atoms with Crippen LogP contribution in [-0.2, 0) is 0 Å². The molecule has 0 saturated carbocycles. The van der Waals surface area contributed by atoms with E-state index in [9.17, 15) is 13.2 Å². The van der Waals surface area contributed by atoms with Crippen molar-refractivity contribution in [2.75, 3.05) is 5.43 Å². The maximum Gasteiger partial charge on any atom is 0.573 e. The van der Waals surface area contributed by atoms with E-state index in [-0.39, 0.29) is 5.75 Å². The highest BCUT2D eigenvalue weighted by molar-refractivity contribution is 5.97. The van der Waals surface area contributed by atoms with Gasteiger partial charge in [-0.25, -0.2) is 0 Å². The topological polar surface area (TPSA) is 33.6 Å². The second kappa shape index (κ2) is 4.56. The number of benzene rings is 2. The summed E-state index contributed by atoms with van der Waals surface area (Å²) in [4.78, 5) is 0. The summed E-state index contributed by atoms with van der Waals surface area (Å²) >= 11 is 0. The second-order valence-electron chi connectivity index (χ2n) is 4.18. The normalized spacial score (nSPS) is 12.9. The van der Waals surface area contributed by atoms with Crippen LogP contribution in [0.1, 0.15) is 5.56 Å². The highest BCUT2D eigenvalue weighted by atomic mass is 19.4. The summed E-state index contributed by atoms with van der Waals surface area (Å²) in [7, 11) is 0. The van der Waals surface area contributed by atoms with Crippen LogP contribution in [0.2, 0.25) is 0 Å². The second-order valence-corrected chi connectivity index (χ2v) is 4.18. The Labute approximate surface area is 112 Å². The van der Waals surface area contributed by atoms with E-state index in [0.29, 0.717) is 16.8 Å². The Bertz CT molecular complexity index is 680. The van der Waals surface area contributed by atoms with E-state index in [1.807, 2.05) is 0 Å². The first-order valence-electron chi connectivity index (χ1n) is 5.82. The van der Waals surface area contributed by atoms with Crippen LogP contribution in [-0.4, -0.2) is 12.6 Å². The van der Waals surface area contributed by atoms with Gasteiger partial charge < -0.3 is 4.74 Å². The van der Waals surface area contributed by atoms with Crippen molar-refractivity contribution in [3.8, 4) is 16.9 Å². The van der Waals surface area contributed by atoms with Gasteiger partial charge in [0.25, 0.3) is 0 Å². The molecule has 0 fully saturated rings. The van der Waals surface area contributed by atoms with Crippen molar-refractivity contribution in [1.82, 2.24) is 0 Å². The smallest absolute Gasteiger partial charge is 0.405 e. The summed E-state index contributed by atoms with van der Waals surface area (Å²) in [5, 5.41) is 3.98. The number of alkyl halides is 3. The Morgan fingerprint density at radius 2 is 1.80 bits per heavy atom. The van der Waals surface area contributed by atoms with Crippen LogP contribution < -0.4 is 10.2 Å². The highest BCUT2D eigenvalue weighted by Gasteiger charge is 2.33. The van der Waals surface area contributed by atoms with Gasteiger partial charge in [-0.15, -0.1) is 13.2 Å². The lowest BCUT2D eigenvalue weighted by Crippen LogP contribution is -2.17. The zero-order chi connectivity index (χ0) is 14.2. The molecule has 0 radical (unpaired) electrons. The van der Waals surface area contributed by atoms with Gasteiger partial charge in [-0.2, -0.15) is 5.10 Å². The van der Waals surface area contributed by atoms with E-state index in [4.69, 9.17) is 0 Å². The van der Waals surface area contributed by atoms with Crippen molar-refractivity contribution < 1.29 is 17.9 Å². The fourth-order valence-corrected chi connectivity index (χ4v) is 2.12. The average molecular weight is 278 g/mol. The molecule has 1 N–H and O–H groups in total. The first-order chi connectivity index (χ1) is 9.54. The Morgan fingerprint density at radius 3 is 2.60 bits per heavy atom. The Hall–Kier alpha value is -2.50. The van der Waals surface area contributed by atoms with Crippen molar-refractivity contribution >= 4 is 11.9 Å². The quantitative estimate of drug-likeness (QED) is 0.855. The molecule has 1 aliphatic heterocycles. The van der Waals surface area contributed by atoms with Gasteiger partial charge in [0.2, 0.25) is 0 Å². The van der Waals surface area contributed by atoms with Gasteiger partial charge in [0.1, 0.15) is 5.75 Å². The molecule has 1 heterocycles. The lowest BCUT2D eigenvalue weighted by atomic mass is 9.98. The van der Waals surface area contributed by atoms with Crippen molar-refractivity contribution in [3.63, 3.8) is 0 Å². The summed E-state index contributed by atoms with van der Waals surface area (Å²) in [5.41, 5.74) is 4.89. The molecule has 3 nitrogen and oxygen atoms in total. The van der Waals surface area contributed by atoms with Crippen LogP contribution in [0.5, 0.6) is 5.75 Å². The third-order valence-corrected chi connectivity index (χ3v) is 2.87. The predicted molar refractivity (Wildman–Crippen MR) is 69.8 cm³/mol. The van der Waals surface area contributed by atoms with Crippen LogP contribution in [0, 0.1) is 0 Å². The maximum atomic E-state index is 12.5. The fourth-order valence-electron chi connectivity index (χ4n) is 2.12. The summed E-state index contributed by atoms with van der Waals surface area (Å²) in [5.74, 6) is -0.250. The summed E-state index contributed by atoms with van der Waals surface area (Å²) in [6.45, 7) is 0. The van der Waals surface area contributed by atoms with Gasteiger partial charge in [0.15, 0.2) is 0 Å². The summed E-state index contributed by atoms with van der Waals surface area (Å²) in [6, 6.07) is 11.5. The molecule has 0 aliphatic carbocycles. The van der Waals surface area contributed by atoms with E-state index in [1.165, 1.54) is 12.1 Å². The molecule has 0 spiro atoms. The summed E-state index contributed by atoms with van der Waals surface area (Å²) in [6.07, 6.45) is -3.18. The van der Waals surface area contributed by atoms with E-state index < -0.39 is 6.36 Å². The molecule has 2 aromatic rings. The van der Waals surface area contributed by atoms with Crippen LogP contribution in [0.4, 0.5) is 18.9 Å². The lowest BCUT2D eigenvalue weighted by molar-refractivity contribution is -0.274. The number of hydrazone groups is 1. The number of fused-ring (bicyclic) bond motifs is 3. The molecule has 20 heavy (non-hydrogen) atoms. The average Bonchev–Trinajstić information content (AvgIpc) is 2.56. The molecule has 0 atom stereocenters. The standard InChI is InChI=1S/C14H9F3N2O/c15-14(16,17)20-12-7-3-6-11-13(12)10-5-2-1-4-9(10)8-18-19-11/h1-8,19H. The molecular weight excluding hydrogens is 269 g/mol. The van der Waals surface area contributed by atoms with E-state index in [1.54, 1.807) is 36.5 Å². The predicted octanol–water partition coefficient (Wildman–Crippen LogP) is 4.01. The largest absolute Gasteiger partial charge is 0.573 e. The van der Waals surface area contributed by atoms with Gasteiger partial charge in [0.05, 0.1) is 11.9 Å². The van der Waals surface area contributed by atoms with Gasteiger partial charge in [0, 0.05) is 11.1 Å². The minimum Gasteiger partial charge on any atom is -0.405 e. The van der Waals surface area contributed by atoms with E-state index in [2.05, 4.69) is 15.3 Å². The molecular formula is C14H9F3N2O. The number of anilines is 1. The number of halogens is 3. The summed E-state index contributed by atoms with van der Waals surface area (Å²) < 4.78 is 41.7. The minimum atomic E-state index is -4.74. The molecule has 0 saturated heterocycles. The third kappa shape index (κ3) is 2.32. The zero-order valence-electron chi connectivity index (χ0n) is 10.1. The molecule has 2 aromatic carbocycles. The minimum absolute atomic E-state index is 0.250. The zero-order valence-corrected chi connectivity index (χ0v) is 10.1. The van der Waals surface area contributed by atoms with Crippen molar-refractivity contribution in [3.05, 3.63) is 48.0 Å². The number of rotatable bonds is 1. The number of hydrogen-bond acceptors (Lipinski definition) is 3. The Balaban J connectivity index is 2.22. The van der Waals surface area contributed by atoms with Crippen molar-refractivity contribution in [2.45, 2.75) is 6.36 Å². The van der Waals surface area contributed by atoms with Gasteiger partial charge in [-0.05, 0) is 17.7 Å². The van der Waals surface area contributed by atoms with Crippen LogP contribution >= 0.6 is 0 Å². The molecule has 3 rings (SSSR count). The van der Waals surface area contributed by atoms with Gasteiger partial charge in [-0.1, -0.05) is 30.3 Å². The fraction of sp³-hybridized carbons (Fsp3) is 0.0714. The molecule has 1 aliphatic rings. The number of nitrogens with one attached hydrogen (secondary N) is 1. The van der Waals surface area contributed by atoms with Crippen molar-refractivity contribution in [2.24, 2.45) is 5.10 Å². The third-order valence-electron chi connectivity index (χ3n) is 2.87. The highest BCUT2D eigenvalue weighted by Crippen LogP contribution is 2.41. The molecule has 0 unspecified atom stereocenters. The Kier molecular flexibility index (Phi) is 2.85. The van der Waals surface area contributed by atoms with Crippen molar-refractivity contribution in [1.29, 1.82) is 0 Å². The SMILES string of the molecule is FC(F)(F)Oc1cccc2c1-c1ccccc1C=NN2. The van der Waals surface area contributed by atoms with Crippen LogP contribution in [0.15, 0.2) is 47.6 Å². The lowest BCUT2D eigenvalue weighted by Gasteiger charge is -2.16. The van der Waals surface area contributed by atoms with E-state index >= 15 is 0 Å². The van der Waals surface area contributed by atoms with Crippen LogP contribution in [0.3, 0.4) is 0 Å². The van der Waals surface area contributed by atoms with Gasteiger partial charge >= 0.3 is 6.36 Å². The van der Waals surface area contributed by atoms with E-state index in [0.717, 1.165) is 5.56 Å². The van der Waals surface area contributed by atoms with Crippen LogP contribution in [0.25, 0.3) is 11.1 Å². The maximum absolute atomic E-state index is 12.5. The molecule has 0 amide bonds. The molecule has 0 bridgehead atoms. The Morgan fingerprint density at radius 1 is 1.00 bits per heavy atom. The molecule has 0 aromatic heterocycles. The number of nitrogens with zero attached hydrogens (tertiary/aromatic N) is 1. The molecule has 6 heteroatoms. The molecule has 102 valence electrons. The number of hydrogen-bond donors (Lipinski definition) is 1.